The van der Waals surface area contributed by atoms with E-state index >= 15 is 0 Å². The van der Waals surface area contributed by atoms with Crippen molar-refractivity contribution in [2.75, 3.05) is 0 Å². The fourth-order valence-corrected chi connectivity index (χ4v) is 3.22. The van der Waals surface area contributed by atoms with Crippen molar-refractivity contribution < 1.29 is 9.31 Å². The van der Waals surface area contributed by atoms with Crippen LogP contribution in [0.15, 0.2) is 41.4 Å². The summed E-state index contributed by atoms with van der Waals surface area (Å²) in [6, 6.07) is 10.7. The van der Waals surface area contributed by atoms with Crippen LogP contribution in [-0.2, 0) is 15.7 Å². The quantitative estimate of drug-likeness (QED) is 0.593. The molecule has 1 heterocycles. The molecule has 0 bridgehead atoms. The summed E-state index contributed by atoms with van der Waals surface area (Å²) in [6.07, 6.45) is 5.40. The molecule has 0 spiro atoms. The van der Waals surface area contributed by atoms with Gasteiger partial charge in [-0.1, -0.05) is 62.6 Å². The van der Waals surface area contributed by atoms with Crippen LogP contribution < -0.4 is 0 Å². The fraction of sp³-hybridized carbons (Fsp3) is 0.619. The Kier molecular flexibility index (Phi) is 6.33. The molecule has 0 N–H and O–H groups in total. The van der Waals surface area contributed by atoms with E-state index in [0.29, 0.717) is 0 Å². The molecule has 2 nitrogen and oxygen atoms in total. The van der Waals surface area contributed by atoms with Gasteiger partial charge in [-0.25, -0.2) is 0 Å². The fourth-order valence-electron chi connectivity index (χ4n) is 3.22. The Bertz CT molecular complexity index is 544. The Morgan fingerprint density at radius 3 is 1.92 bits per heavy atom. The Morgan fingerprint density at radius 1 is 0.875 bits per heavy atom. The topological polar surface area (TPSA) is 18.5 Å². The van der Waals surface area contributed by atoms with Gasteiger partial charge in [-0.05, 0) is 58.0 Å². The SMILES string of the molecule is CCC/C(Cc1ccccc1)=C(/CCC)B1OC(C)(C)C(C)(C)O1. The van der Waals surface area contributed by atoms with Gasteiger partial charge in [0.05, 0.1) is 11.2 Å². The lowest BCUT2D eigenvalue weighted by molar-refractivity contribution is 0.00578. The monoisotopic (exact) mass is 328 g/mol. The van der Waals surface area contributed by atoms with E-state index in [0.717, 1.165) is 32.1 Å². The highest BCUT2D eigenvalue weighted by Crippen LogP contribution is 2.40. The summed E-state index contributed by atoms with van der Waals surface area (Å²) in [5, 5.41) is 0. The van der Waals surface area contributed by atoms with Crippen molar-refractivity contribution >= 4 is 7.12 Å². The van der Waals surface area contributed by atoms with Gasteiger partial charge in [-0.15, -0.1) is 0 Å². The van der Waals surface area contributed by atoms with Crippen LogP contribution in [0, 0.1) is 0 Å². The third-order valence-corrected chi connectivity index (χ3v) is 5.32. The van der Waals surface area contributed by atoms with Gasteiger partial charge in [0.2, 0.25) is 0 Å². The van der Waals surface area contributed by atoms with E-state index in [-0.39, 0.29) is 18.3 Å². The maximum atomic E-state index is 6.36. The van der Waals surface area contributed by atoms with Gasteiger partial charge in [0.15, 0.2) is 0 Å². The molecule has 1 aliphatic rings. The smallest absolute Gasteiger partial charge is 0.400 e. The van der Waals surface area contributed by atoms with Crippen molar-refractivity contribution in [2.24, 2.45) is 0 Å². The molecule has 1 aromatic rings. The van der Waals surface area contributed by atoms with Crippen LogP contribution in [0.5, 0.6) is 0 Å². The van der Waals surface area contributed by atoms with Gasteiger partial charge in [0.25, 0.3) is 0 Å². The summed E-state index contributed by atoms with van der Waals surface area (Å²) in [4.78, 5) is 0. The molecule has 132 valence electrons. The zero-order valence-electron chi connectivity index (χ0n) is 16.3. The molecule has 0 atom stereocenters. The minimum Gasteiger partial charge on any atom is -0.400 e. The lowest BCUT2D eigenvalue weighted by atomic mass is 9.71. The highest BCUT2D eigenvalue weighted by molar-refractivity contribution is 6.54. The second-order valence-corrected chi connectivity index (χ2v) is 7.88. The van der Waals surface area contributed by atoms with E-state index in [1.807, 2.05) is 0 Å². The van der Waals surface area contributed by atoms with Crippen LogP contribution in [0.2, 0.25) is 0 Å². The predicted octanol–water partition coefficient (Wildman–Crippen LogP) is 5.76. The third-order valence-electron chi connectivity index (χ3n) is 5.32. The molecule has 3 heteroatoms. The number of allylic oxidation sites excluding steroid dienone is 2. The summed E-state index contributed by atoms with van der Waals surface area (Å²) in [5.41, 5.74) is 3.67. The summed E-state index contributed by atoms with van der Waals surface area (Å²) in [5.74, 6) is 0. The molecule has 0 saturated carbocycles. The van der Waals surface area contributed by atoms with E-state index in [1.54, 1.807) is 0 Å². The van der Waals surface area contributed by atoms with Crippen molar-refractivity contribution in [1.29, 1.82) is 0 Å². The third kappa shape index (κ3) is 4.31. The Morgan fingerprint density at radius 2 is 1.42 bits per heavy atom. The van der Waals surface area contributed by atoms with Crippen molar-refractivity contribution in [2.45, 2.75) is 84.8 Å². The first-order chi connectivity index (χ1) is 11.3. The van der Waals surface area contributed by atoms with Gasteiger partial charge in [-0.3, -0.25) is 0 Å². The molecule has 2 rings (SSSR count). The molecule has 0 amide bonds. The summed E-state index contributed by atoms with van der Waals surface area (Å²) in [6.45, 7) is 13.0. The Hall–Kier alpha value is -1.06. The minimum atomic E-state index is -0.277. The first-order valence-electron chi connectivity index (χ1n) is 9.41. The maximum absolute atomic E-state index is 6.36. The number of benzene rings is 1. The van der Waals surface area contributed by atoms with Gasteiger partial charge in [0, 0.05) is 0 Å². The zero-order valence-corrected chi connectivity index (χ0v) is 16.3. The van der Waals surface area contributed by atoms with E-state index in [1.165, 1.54) is 16.6 Å². The number of rotatable bonds is 7. The van der Waals surface area contributed by atoms with Gasteiger partial charge in [-0.2, -0.15) is 0 Å². The van der Waals surface area contributed by atoms with E-state index in [9.17, 15) is 0 Å². The molecule has 0 aromatic heterocycles. The molecular formula is C21H33BO2. The number of hydrogen-bond acceptors (Lipinski definition) is 2. The molecule has 0 aliphatic carbocycles. The zero-order chi connectivity index (χ0) is 17.8. The summed E-state index contributed by atoms with van der Waals surface area (Å²) < 4.78 is 12.7. The lowest BCUT2D eigenvalue weighted by Gasteiger charge is -2.32. The van der Waals surface area contributed by atoms with Gasteiger partial charge in [0.1, 0.15) is 0 Å². The summed E-state index contributed by atoms with van der Waals surface area (Å²) in [7, 11) is -0.208. The van der Waals surface area contributed by atoms with Crippen LogP contribution >= 0.6 is 0 Å². The average molecular weight is 328 g/mol. The first-order valence-corrected chi connectivity index (χ1v) is 9.41. The maximum Gasteiger partial charge on any atom is 0.490 e. The van der Waals surface area contributed by atoms with Crippen LogP contribution in [0.25, 0.3) is 0 Å². The molecule has 1 aromatic carbocycles. The molecule has 0 unspecified atom stereocenters. The van der Waals surface area contributed by atoms with Gasteiger partial charge >= 0.3 is 7.12 Å². The highest BCUT2D eigenvalue weighted by Gasteiger charge is 2.52. The van der Waals surface area contributed by atoms with E-state index < -0.39 is 0 Å². The van der Waals surface area contributed by atoms with Crippen LogP contribution in [-0.4, -0.2) is 18.3 Å². The van der Waals surface area contributed by atoms with E-state index in [4.69, 9.17) is 9.31 Å². The lowest BCUT2D eigenvalue weighted by Crippen LogP contribution is -2.41. The molecular weight excluding hydrogens is 295 g/mol. The van der Waals surface area contributed by atoms with Crippen molar-refractivity contribution in [3.63, 3.8) is 0 Å². The van der Waals surface area contributed by atoms with Gasteiger partial charge < -0.3 is 9.31 Å². The average Bonchev–Trinajstić information content (AvgIpc) is 2.73. The molecule has 1 aliphatic heterocycles. The standard InChI is InChI=1S/C21H33BO2/c1-7-12-18(16-17-14-10-9-11-15-17)19(13-8-2)22-23-20(3,4)21(5,6)24-22/h9-11,14-15H,7-8,12-13,16H2,1-6H3/b19-18+. The molecule has 1 saturated heterocycles. The van der Waals surface area contributed by atoms with Crippen LogP contribution in [0.4, 0.5) is 0 Å². The van der Waals surface area contributed by atoms with Crippen LogP contribution in [0.1, 0.15) is 72.8 Å². The second-order valence-electron chi connectivity index (χ2n) is 7.88. The Labute approximate surface area is 148 Å². The van der Waals surface area contributed by atoms with Crippen molar-refractivity contribution in [1.82, 2.24) is 0 Å². The summed E-state index contributed by atoms with van der Waals surface area (Å²) >= 11 is 0. The molecule has 0 radical (unpaired) electrons. The normalized spacial score (nSPS) is 20.2. The highest BCUT2D eigenvalue weighted by atomic mass is 16.7. The second kappa shape index (κ2) is 7.88. The van der Waals surface area contributed by atoms with Crippen molar-refractivity contribution in [3.05, 3.63) is 46.9 Å². The largest absolute Gasteiger partial charge is 0.490 e. The minimum absolute atomic E-state index is 0.208. The van der Waals surface area contributed by atoms with Crippen LogP contribution in [0.3, 0.4) is 0 Å². The number of hydrogen-bond donors (Lipinski definition) is 0. The molecule has 1 fully saturated rings. The Balaban J connectivity index is 2.34. The first kappa shape index (κ1) is 19.3. The molecule has 24 heavy (non-hydrogen) atoms. The van der Waals surface area contributed by atoms with E-state index in [2.05, 4.69) is 71.9 Å². The van der Waals surface area contributed by atoms with Crippen molar-refractivity contribution in [3.8, 4) is 0 Å². The predicted molar refractivity (Wildman–Crippen MR) is 103 cm³/mol.